The van der Waals surface area contributed by atoms with Crippen molar-refractivity contribution in [2.75, 3.05) is 6.54 Å². The highest BCUT2D eigenvalue weighted by Crippen LogP contribution is 2.66. The molecule has 1 N–H and O–H groups in total. The van der Waals surface area contributed by atoms with E-state index in [1.165, 1.54) is 69.0 Å². The Balaban J connectivity index is 1.28. The average molecular weight is 407 g/mol. The molecule has 0 bridgehead atoms. The first kappa shape index (κ1) is 19.5. The van der Waals surface area contributed by atoms with Crippen LogP contribution in [0.5, 0.6) is 0 Å². The summed E-state index contributed by atoms with van der Waals surface area (Å²) >= 11 is 0. The number of benzene rings is 1. The topological polar surface area (TPSA) is 23.2 Å². The molecule has 30 heavy (non-hydrogen) atoms. The summed E-state index contributed by atoms with van der Waals surface area (Å²) in [4.78, 5) is 0. The summed E-state index contributed by atoms with van der Waals surface area (Å²) in [5, 5.41) is 10.3. The molecule has 1 aromatic carbocycles. The van der Waals surface area contributed by atoms with E-state index < -0.39 is 0 Å². The summed E-state index contributed by atoms with van der Waals surface area (Å²) in [7, 11) is 0. The van der Waals surface area contributed by atoms with Crippen LogP contribution in [-0.2, 0) is 6.42 Å². The Morgan fingerprint density at radius 1 is 0.900 bits per heavy atom. The normalized spacial score (nSPS) is 47.5. The van der Waals surface area contributed by atoms with E-state index in [1.54, 1.807) is 0 Å². The van der Waals surface area contributed by atoms with Gasteiger partial charge in [-0.2, -0.15) is 0 Å². The molecule has 0 saturated heterocycles. The van der Waals surface area contributed by atoms with Crippen molar-refractivity contribution < 1.29 is 9.68 Å². The van der Waals surface area contributed by atoms with Gasteiger partial charge in [-0.15, -0.1) is 0 Å². The van der Waals surface area contributed by atoms with Gasteiger partial charge in [-0.1, -0.05) is 32.0 Å². The first-order valence-corrected chi connectivity index (χ1v) is 12.9. The van der Waals surface area contributed by atoms with Crippen molar-refractivity contribution >= 4 is 6.21 Å². The molecular formula is C28H40NO+. The summed E-state index contributed by atoms with van der Waals surface area (Å²) < 4.78 is 2.76. The lowest BCUT2D eigenvalue weighted by atomic mass is 9.45. The van der Waals surface area contributed by atoms with Crippen molar-refractivity contribution in [3.05, 3.63) is 35.4 Å². The van der Waals surface area contributed by atoms with Gasteiger partial charge in [0.1, 0.15) is 6.54 Å². The largest absolute Gasteiger partial charge is 0.393 e. The van der Waals surface area contributed by atoms with Gasteiger partial charge < -0.3 is 5.11 Å². The fourth-order valence-corrected chi connectivity index (χ4v) is 9.38. The van der Waals surface area contributed by atoms with Gasteiger partial charge in [0.15, 0.2) is 12.3 Å². The molecule has 4 aliphatic carbocycles. The Morgan fingerprint density at radius 3 is 2.60 bits per heavy atom. The molecule has 2 nitrogen and oxygen atoms in total. The van der Waals surface area contributed by atoms with E-state index in [0.29, 0.717) is 10.8 Å². The molecule has 162 valence electrons. The predicted octanol–water partition coefficient (Wildman–Crippen LogP) is 5.45. The quantitative estimate of drug-likeness (QED) is 0.616. The molecule has 8 atom stereocenters. The second kappa shape index (κ2) is 6.92. The van der Waals surface area contributed by atoms with E-state index in [1.807, 2.05) is 0 Å². The van der Waals surface area contributed by atoms with Crippen LogP contribution in [0.4, 0.5) is 0 Å². The van der Waals surface area contributed by atoms with E-state index in [-0.39, 0.29) is 6.10 Å². The number of aliphatic hydroxyl groups excluding tert-OH is 1. The van der Waals surface area contributed by atoms with E-state index in [4.69, 9.17) is 0 Å². The van der Waals surface area contributed by atoms with Crippen molar-refractivity contribution in [3.8, 4) is 0 Å². The number of hydrogen-bond donors (Lipinski definition) is 1. The summed E-state index contributed by atoms with van der Waals surface area (Å²) in [6.45, 7) is 6.49. The molecule has 6 rings (SSSR count). The molecule has 1 aliphatic heterocycles. The van der Waals surface area contributed by atoms with Crippen molar-refractivity contribution in [2.45, 2.75) is 90.2 Å². The predicted molar refractivity (Wildman–Crippen MR) is 122 cm³/mol. The molecule has 4 saturated carbocycles. The van der Waals surface area contributed by atoms with E-state index >= 15 is 0 Å². The van der Waals surface area contributed by atoms with Crippen LogP contribution in [0.25, 0.3) is 0 Å². The van der Waals surface area contributed by atoms with Crippen LogP contribution in [0.15, 0.2) is 24.3 Å². The Bertz CT molecular complexity index is 860. The molecule has 0 radical (unpaired) electrons. The molecule has 1 aromatic rings. The molecule has 1 heterocycles. The third kappa shape index (κ3) is 2.74. The minimum Gasteiger partial charge on any atom is -0.393 e. The fourth-order valence-electron chi connectivity index (χ4n) is 9.38. The van der Waals surface area contributed by atoms with Crippen LogP contribution < -0.4 is 0 Å². The van der Waals surface area contributed by atoms with Gasteiger partial charge in [-0.05, 0) is 92.1 Å². The number of fused-ring (bicyclic) bond motifs is 6. The van der Waals surface area contributed by atoms with Crippen molar-refractivity contribution in [1.29, 1.82) is 0 Å². The third-order valence-electron chi connectivity index (χ3n) is 11.0. The van der Waals surface area contributed by atoms with E-state index in [2.05, 4.69) is 48.9 Å². The van der Waals surface area contributed by atoms with E-state index in [0.717, 1.165) is 42.6 Å². The molecule has 5 aliphatic rings. The average Bonchev–Trinajstić information content (AvgIpc) is 3.11. The number of nitrogens with zero attached hydrogens (tertiary/aromatic N) is 1. The number of hydrogen-bond acceptors (Lipinski definition) is 1. The Morgan fingerprint density at radius 2 is 1.70 bits per heavy atom. The van der Waals surface area contributed by atoms with Gasteiger partial charge in [0.05, 0.1) is 6.10 Å². The van der Waals surface area contributed by atoms with Crippen molar-refractivity contribution in [2.24, 2.45) is 34.5 Å². The van der Waals surface area contributed by atoms with Gasteiger partial charge in [-0.3, -0.25) is 0 Å². The molecule has 4 fully saturated rings. The van der Waals surface area contributed by atoms with Gasteiger partial charge in [0, 0.05) is 23.8 Å². The summed E-state index contributed by atoms with van der Waals surface area (Å²) in [6.07, 6.45) is 15.6. The van der Waals surface area contributed by atoms with Crippen LogP contribution in [-0.4, -0.2) is 34.6 Å². The first-order valence-electron chi connectivity index (χ1n) is 12.9. The summed E-state index contributed by atoms with van der Waals surface area (Å²) in [5.41, 5.74) is 3.97. The second-order valence-electron chi connectivity index (χ2n) is 12.0. The lowest BCUT2D eigenvalue weighted by molar-refractivity contribution is -0.578. The minimum atomic E-state index is -0.0261. The molecular weight excluding hydrogens is 366 g/mol. The fraction of sp³-hybridized carbons (Fsp3) is 0.750. The highest BCUT2D eigenvalue weighted by atomic mass is 16.3. The molecule has 0 amide bonds. The molecule has 2 heteroatoms. The van der Waals surface area contributed by atoms with Crippen LogP contribution in [0, 0.1) is 34.5 Å². The zero-order valence-corrected chi connectivity index (χ0v) is 19.0. The smallest absolute Gasteiger partial charge is 0.171 e. The Labute approximate surface area is 182 Å². The zero-order valence-electron chi connectivity index (χ0n) is 19.0. The minimum absolute atomic E-state index is 0.0261. The lowest BCUT2D eigenvalue weighted by Gasteiger charge is -2.60. The third-order valence-corrected chi connectivity index (χ3v) is 11.0. The second-order valence-corrected chi connectivity index (χ2v) is 12.0. The summed E-state index contributed by atoms with van der Waals surface area (Å²) in [6, 6.07) is 9.75. The SMILES string of the molecule is C[C@]12CC[C@H]3[C@@H](CCC4C[C@H](O)CC[C@@]43C)[C@@H]1CC[C@@H]2[N+]1=Cc2ccccc2CC1. The van der Waals surface area contributed by atoms with Crippen LogP contribution in [0.1, 0.15) is 82.8 Å². The lowest BCUT2D eigenvalue weighted by Crippen LogP contribution is -2.55. The molecule has 0 aromatic heterocycles. The van der Waals surface area contributed by atoms with Crippen molar-refractivity contribution in [1.82, 2.24) is 0 Å². The highest BCUT2D eigenvalue weighted by molar-refractivity contribution is 5.78. The van der Waals surface area contributed by atoms with Gasteiger partial charge in [0.25, 0.3) is 0 Å². The van der Waals surface area contributed by atoms with Crippen LogP contribution in [0.3, 0.4) is 0 Å². The zero-order chi connectivity index (χ0) is 20.5. The molecule has 0 spiro atoms. The number of rotatable bonds is 1. The van der Waals surface area contributed by atoms with Crippen molar-refractivity contribution in [3.63, 3.8) is 0 Å². The van der Waals surface area contributed by atoms with Crippen LogP contribution in [0.2, 0.25) is 0 Å². The Hall–Kier alpha value is -1.15. The maximum Gasteiger partial charge on any atom is 0.171 e. The van der Waals surface area contributed by atoms with Gasteiger partial charge in [0.2, 0.25) is 0 Å². The van der Waals surface area contributed by atoms with Gasteiger partial charge >= 0.3 is 0 Å². The summed E-state index contributed by atoms with van der Waals surface area (Å²) in [5.74, 6) is 3.53. The highest BCUT2D eigenvalue weighted by Gasteiger charge is 2.62. The van der Waals surface area contributed by atoms with E-state index in [9.17, 15) is 5.11 Å². The Kier molecular flexibility index (Phi) is 4.51. The molecule has 1 unspecified atom stereocenters. The first-order chi connectivity index (χ1) is 14.5. The maximum atomic E-state index is 10.3. The standard InChI is InChI=1S/C28H40NO/c1-27-14-11-22(30)17-21(27)7-8-23-24-9-10-26(28(24,2)15-12-25(23)27)29-16-13-19-5-3-4-6-20(19)18-29/h3-6,18,21-26,30H,7-17H2,1-2H3/q+1/t21?,22-,23+,24+,25+,26+,27+,28+/m1/s1. The maximum absolute atomic E-state index is 10.3. The van der Waals surface area contributed by atoms with Gasteiger partial charge in [-0.25, -0.2) is 4.58 Å². The van der Waals surface area contributed by atoms with Crippen LogP contribution >= 0.6 is 0 Å². The monoisotopic (exact) mass is 406 g/mol. The number of aliphatic hydroxyl groups is 1.